The highest BCUT2D eigenvalue weighted by Gasteiger charge is 2.25. The number of nitrogens with zero attached hydrogens (tertiary/aromatic N) is 1. The Bertz CT molecular complexity index is 589. The van der Waals surface area contributed by atoms with E-state index in [4.69, 9.17) is 4.55 Å². The third-order valence-corrected chi connectivity index (χ3v) is 4.41. The van der Waals surface area contributed by atoms with Gasteiger partial charge in [0.1, 0.15) is 0 Å². The summed E-state index contributed by atoms with van der Waals surface area (Å²) in [6.45, 7) is 3.05. The molecule has 0 spiro atoms. The zero-order valence-electron chi connectivity index (χ0n) is 8.56. The molecule has 0 saturated carbocycles. The van der Waals surface area contributed by atoms with E-state index in [0.29, 0.717) is 0 Å². The van der Waals surface area contributed by atoms with Crippen LogP contribution in [-0.2, 0) is 16.7 Å². The van der Waals surface area contributed by atoms with Gasteiger partial charge in [-0.2, -0.15) is 8.42 Å². The number of aromatic hydroxyl groups is 1. The molecule has 2 N–H and O–H groups in total. The van der Waals surface area contributed by atoms with Gasteiger partial charge in [-0.05, 0) is 42.0 Å². The molecule has 1 aromatic rings. The number of halogens is 1. The topological polar surface area (TPSA) is 96.6 Å². The summed E-state index contributed by atoms with van der Waals surface area (Å²) in [6.07, 6.45) is 0. The van der Waals surface area contributed by atoms with E-state index < -0.39 is 26.5 Å². The molecule has 0 atom stereocenters. The predicted molar refractivity (Wildman–Crippen MR) is 65.3 cm³/mol. The third kappa shape index (κ3) is 2.09. The summed E-state index contributed by atoms with van der Waals surface area (Å²) in [4.78, 5) is 11.0. The molecular formula is C8H10INO5S. The number of rotatable bonds is 2. The van der Waals surface area contributed by atoms with Crippen molar-refractivity contribution in [1.29, 1.82) is 0 Å². The average molecular weight is 359 g/mol. The van der Waals surface area contributed by atoms with Gasteiger partial charge in [-0.1, -0.05) is 0 Å². The lowest BCUT2D eigenvalue weighted by Gasteiger charge is -2.12. The second-order valence-corrected chi connectivity index (χ2v) is 5.55. The van der Waals surface area contributed by atoms with E-state index in [-0.39, 0.29) is 15.7 Å². The first-order valence-corrected chi connectivity index (χ1v) is 6.83. The van der Waals surface area contributed by atoms with Gasteiger partial charge < -0.3 is 5.11 Å². The van der Waals surface area contributed by atoms with E-state index in [1.54, 1.807) is 29.5 Å². The van der Waals surface area contributed by atoms with Crippen molar-refractivity contribution in [2.24, 2.45) is 0 Å². The standard InChI is InChI=1S/C8H10INO5S/c1-3-10-7(11)5(9)4(2)6(8(10)12)16(13,14)15/h12H,3H2,1-2H3,(H,13,14,15). The summed E-state index contributed by atoms with van der Waals surface area (Å²) in [5.41, 5.74) is -0.430. The summed E-state index contributed by atoms with van der Waals surface area (Å²) >= 11 is 1.68. The third-order valence-electron chi connectivity index (χ3n) is 2.14. The van der Waals surface area contributed by atoms with Crippen molar-refractivity contribution < 1.29 is 18.1 Å². The maximum absolute atomic E-state index is 11.6. The van der Waals surface area contributed by atoms with Crippen molar-refractivity contribution in [2.75, 3.05) is 0 Å². The van der Waals surface area contributed by atoms with Gasteiger partial charge >= 0.3 is 0 Å². The monoisotopic (exact) mass is 359 g/mol. The van der Waals surface area contributed by atoms with Crippen molar-refractivity contribution >= 4 is 32.7 Å². The fourth-order valence-electron chi connectivity index (χ4n) is 1.37. The second-order valence-electron chi connectivity index (χ2n) is 3.12. The van der Waals surface area contributed by atoms with Crippen LogP contribution in [0.1, 0.15) is 12.5 Å². The van der Waals surface area contributed by atoms with E-state index in [2.05, 4.69) is 0 Å². The minimum Gasteiger partial charge on any atom is -0.493 e. The molecule has 0 aliphatic rings. The molecule has 90 valence electrons. The number of hydrogen-bond donors (Lipinski definition) is 2. The maximum atomic E-state index is 11.6. The van der Waals surface area contributed by atoms with Crippen molar-refractivity contribution in [1.82, 2.24) is 4.57 Å². The molecular weight excluding hydrogens is 349 g/mol. The molecule has 6 nitrogen and oxygen atoms in total. The van der Waals surface area contributed by atoms with E-state index in [1.165, 1.54) is 6.92 Å². The Kier molecular flexibility index (Phi) is 3.65. The molecule has 16 heavy (non-hydrogen) atoms. The highest BCUT2D eigenvalue weighted by molar-refractivity contribution is 14.1. The molecule has 0 fully saturated rings. The fraction of sp³-hybridized carbons (Fsp3) is 0.375. The van der Waals surface area contributed by atoms with Gasteiger partial charge in [0.25, 0.3) is 15.7 Å². The summed E-state index contributed by atoms with van der Waals surface area (Å²) in [5, 5.41) is 9.63. The van der Waals surface area contributed by atoms with Crippen LogP contribution in [0.4, 0.5) is 0 Å². The lowest BCUT2D eigenvalue weighted by molar-refractivity contribution is 0.386. The van der Waals surface area contributed by atoms with Crippen molar-refractivity contribution in [2.45, 2.75) is 25.3 Å². The molecule has 0 aliphatic heterocycles. The first kappa shape index (κ1) is 13.5. The van der Waals surface area contributed by atoms with Crippen LogP contribution in [0.5, 0.6) is 5.88 Å². The van der Waals surface area contributed by atoms with Crippen LogP contribution >= 0.6 is 22.6 Å². The summed E-state index contributed by atoms with van der Waals surface area (Å²) in [5.74, 6) is -0.729. The van der Waals surface area contributed by atoms with Crippen LogP contribution in [0.3, 0.4) is 0 Å². The zero-order valence-corrected chi connectivity index (χ0v) is 11.5. The minimum atomic E-state index is -4.55. The Morgan fingerprint density at radius 3 is 2.31 bits per heavy atom. The van der Waals surface area contributed by atoms with Crippen LogP contribution in [0.2, 0.25) is 0 Å². The quantitative estimate of drug-likeness (QED) is 0.600. The van der Waals surface area contributed by atoms with Crippen molar-refractivity contribution in [3.63, 3.8) is 0 Å². The maximum Gasteiger partial charge on any atom is 0.300 e. The zero-order chi connectivity index (χ0) is 12.7. The average Bonchev–Trinajstić information content (AvgIpc) is 2.13. The Hall–Kier alpha value is -0.610. The van der Waals surface area contributed by atoms with Gasteiger partial charge in [-0.25, -0.2) is 0 Å². The molecule has 1 aromatic heterocycles. The molecule has 0 saturated heterocycles. The van der Waals surface area contributed by atoms with Gasteiger partial charge in [0.15, 0.2) is 4.90 Å². The minimum absolute atomic E-state index is 0.0512. The Morgan fingerprint density at radius 1 is 1.44 bits per heavy atom. The molecule has 0 unspecified atom stereocenters. The second kappa shape index (κ2) is 4.34. The van der Waals surface area contributed by atoms with Gasteiger partial charge in [0.2, 0.25) is 5.88 Å². The summed E-state index contributed by atoms with van der Waals surface area (Å²) in [7, 11) is -4.55. The lowest BCUT2D eigenvalue weighted by atomic mass is 10.3. The molecule has 1 heterocycles. The molecule has 1 rings (SSSR count). The van der Waals surface area contributed by atoms with Crippen LogP contribution in [-0.4, -0.2) is 22.6 Å². The van der Waals surface area contributed by atoms with Crippen LogP contribution in [0, 0.1) is 10.5 Å². The van der Waals surface area contributed by atoms with Crippen molar-refractivity contribution in [3.8, 4) is 5.88 Å². The number of hydrogen-bond acceptors (Lipinski definition) is 4. The predicted octanol–water partition coefficient (Wildman–Crippen LogP) is 0.734. The highest BCUT2D eigenvalue weighted by Crippen LogP contribution is 2.26. The van der Waals surface area contributed by atoms with Gasteiger partial charge in [-0.15, -0.1) is 0 Å². The Morgan fingerprint density at radius 2 is 1.94 bits per heavy atom. The first-order chi connectivity index (χ1) is 7.21. The first-order valence-electron chi connectivity index (χ1n) is 4.31. The highest BCUT2D eigenvalue weighted by atomic mass is 127. The van der Waals surface area contributed by atoms with Gasteiger partial charge in [0.05, 0.1) is 3.57 Å². The molecule has 0 aromatic carbocycles. The van der Waals surface area contributed by atoms with Gasteiger partial charge in [-0.3, -0.25) is 13.9 Å². The van der Waals surface area contributed by atoms with Crippen LogP contribution in [0.15, 0.2) is 9.69 Å². The molecule has 0 aliphatic carbocycles. The smallest absolute Gasteiger partial charge is 0.300 e. The van der Waals surface area contributed by atoms with Crippen LogP contribution in [0.25, 0.3) is 0 Å². The van der Waals surface area contributed by atoms with E-state index in [1.807, 2.05) is 0 Å². The van der Waals surface area contributed by atoms with Crippen molar-refractivity contribution in [3.05, 3.63) is 19.5 Å². The fourth-order valence-corrected chi connectivity index (χ4v) is 2.94. The van der Waals surface area contributed by atoms with Gasteiger partial charge in [0, 0.05) is 6.54 Å². The summed E-state index contributed by atoms with van der Waals surface area (Å²) in [6, 6.07) is 0. The number of pyridine rings is 1. The molecule has 0 amide bonds. The molecule has 8 heteroatoms. The Balaban J connectivity index is 3.92. The van der Waals surface area contributed by atoms with E-state index in [0.717, 1.165) is 4.57 Å². The molecule has 0 bridgehead atoms. The van der Waals surface area contributed by atoms with E-state index >= 15 is 0 Å². The Labute approximate surface area is 106 Å². The van der Waals surface area contributed by atoms with E-state index in [9.17, 15) is 18.3 Å². The van der Waals surface area contributed by atoms with Crippen LogP contribution < -0.4 is 5.56 Å². The lowest BCUT2D eigenvalue weighted by Crippen LogP contribution is -2.25. The largest absolute Gasteiger partial charge is 0.493 e. The molecule has 0 radical (unpaired) electrons. The summed E-state index contributed by atoms with van der Waals surface area (Å²) < 4.78 is 32.2. The number of aromatic nitrogens is 1. The SMILES string of the molecule is CCn1c(O)c(S(=O)(=O)O)c(C)c(I)c1=O. The normalized spacial score (nSPS) is 11.8.